The molecule has 2 heterocycles. The van der Waals surface area contributed by atoms with Crippen molar-refractivity contribution in [3.8, 4) is 0 Å². The van der Waals surface area contributed by atoms with Crippen LogP contribution in [-0.4, -0.2) is 23.9 Å². The minimum Gasteiger partial charge on any atom is -0.350 e. The molecule has 0 saturated heterocycles. The predicted molar refractivity (Wildman–Crippen MR) is 111 cm³/mol. The maximum Gasteiger partial charge on any atom is 0.251 e. The SMILES string of the molecule is Cc1ccccc1C(=O)NCC(c1cccs1)N1CCc2ccccc2C1. The Morgan fingerprint density at radius 2 is 1.85 bits per heavy atom. The van der Waals surface area contributed by atoms with E-state index in [1.54, 1.807) is 11.3 Å². The number of nitrogens with one attached hydrogen (secondary N) is 1. The summed E-state index contributed by atoms with van der Waals surface area (Å²) in [6.45, 7) is 4.54. The molecule has 0 aliphatic carbocycles. The number of benzene rings is 2. The van der Waals surface area contributed by atoms with Crippen LogP contribution in [-0.2, 0) is 13.0 Å². The molecule has 1 amide bonds. The Morgan fingerprint density at radius 3 is 2.63 bits per heavy atom. The van der Waals surface area contributed by atoms with E-state index in [1.807, 2.05) is 31.2 Å². The molecule has 27 heavy (non-hydrogen) atoms. The molecule has 4 rings (SSSR count). The van der Waals surface area contributed by atoms with Crippen molar-refractivity contribution in [2.45, 2.75) is 25.9 Å². The molecule has 138 valence electrons. The molecule has 4 heteroatoms. The molecule has 3 aromatic rings. The highest BCUT2D eigenvalue weighted by molar-refractivity contribution is 7.10. The number of thiophene rings is 1. The van der Waals surface area contributed by atoms with Gasteiger partial charge < -0.3 is 5.32 Å². The van der Waals surface area contributed by atoms with Crippen LogP contribution in [0.5, 0.6) is 0 Å². The van der Waals surface area contributed by atoms with Gasteiger partial charge >= 0.3 is 0 Å². The van der Waals surface area contributed by atoms with Gasteiger partial charge in [-0.25, -0.2) is 0 Å². The first-order chi connectivity index (χ1) is 13.2. The lowest BCUT2D eigenvalue weighted by atomic mass is 9.98. The van der Waals surface area contributed by atoms with Crippen molar-refractivity contribution in [1.82, 2.24) is 10.2 Å². The second-order valence-electron chi connectivity index (χ2n) is 7.05. The highest BCUT2D eigenvalue weighted by atomic mass is 32.1. The quantitative estimate of drug-likeness (QED) is 0.707. The number of aryl methyl sites for hydroxylation is 1. The summed E-state index contributed by atoms with van der Waals surface area (Å²) in [5, 5.41) is 5.29. The molecule has 0 fully saturated rings. The molecule has 1 unspecified atom stereocenters. The molecule has 1 atom stereocenters. The smallest absolute Gasteiger partial charge is 0.251 e. The van der Waals surface area contributed by atoms with E-state index in [4.69, 9.17) is 0 Å². The van der Waals surface area contributed by atoms with Crippen LogP contribution < -0.4 is 5.32 Å². The lowest BCUT2D eigenvalue weighted by Gasteiger charge is -2.35. The molecule has 1 N–H and O–H groups in total. The van der Waals surface area contributed by atoms with Crippen molar-refractivity contribution in [1.29, 1.82) is 0 Å². The van der Waals surface area contributed by atoms with E-state index in [1.165, 1.54) is 16.0 Å². The van der Waals surface area contributed by atoms with Crippen LogP contribution >= 0.6 is 11.3 Å². The number of carbonyl (C=O) groups is 1. The summed E-state index contributed by atoms with van der Waals surface area (Å²) < 4.78 is 0. The van der Waals surface area contributed by atoms with Gasteiger partial charge in [0.2, 0.25) is 0 Å². The fourth-order valence-electron chi connectivity index (χ4n) is 3.79. The van der Waals surface area contributed by atoms with Gasteiger partial charge in [-0.15, -0.1) is 11.3 Å². The highest BCUT2D eigenvalue weighted by Gasteiger charge is 2.26. The summed E-state index contributed by atoms with van der Waals surface area (Å²) in [6.07, 6.45) is 1.06. The van der Waals surface area contributed by atoms with Crippen LogP contribution in [0.15, 0.2) is 66.0 Å². The Labute approximate surface area is 164 Å². The molecule has 0 spiro atoms. The zero-order chi connectivity index (χ0) is 18.6. The van der Waals surface area contributed by atoms with E-state index in [0.29, 0.717) is 6.54 Å². The maximum atomic E-state index is 12.7. The molecule has 0 saturated carbocycles. The molecule has 1 aromatic heterocycles. The van der Waals surface area contributed by atoms with Gasteiger partial charge in [0.15, 0.2) is 0 Å². The van der Waals surface area contributed by atoms with Crippen molar-refractivity contribution in [2.24, 2.45) is 0 Å². The lowest BCUT2D eigenvalue weighted by molar-refractivity contribution is 0.0928. The van der Waals surface area contributed by atoms with Gasteiger partial charge in [0, 0.05) is 30.1 Å². The largest absolute Gasteiger partial charge is 0.350 e. The topological polar surface area (TPSA) is 32.3 Å². The Bertz CT molecular complexity index is 920. The molecular weight excluding hydrogens is 352 g/mol. The monoisotopic (exact) mass is 376 g/mol. The van der Waals surface area contributed by atoms with Crippen molar-refractivity contribution >= 4 is 17.2 Å². The number of hydrogen-bond acceptors (Lipinski definition) is 3. The summed E-state index contributed by atoms with van der Waals surface area (Å²) in [5.74, 6) is 0.00654. The first kappa shape index (κ1) is 18.0. The van der Waals surface area contributed by atoms with Crippen LogP contribution in [0.2, 0.25) is 0 Å². The molecule has 1 aliphatic heterocycles. The average Bonchev–Trinajstić information content (AvgIpc) is 3.23. The Kier molecular flexibility index (Phi) is 5.37. The fraction of sp³-hybridized carbons (Fsp3) is 0.261. The second kappa shape index (κ2) is 8.07. The van der Waals surface area contributed by atoms with Crippen LogP contribution in [0.4, 0.5) is 0 Å². The average molecular weight is 377 g/mol. The van der Waals surface area contributed by atoms with Crippen LogP contribution in [0.3, 0.4) is 0 Å². The first-order valence-electron chi connectivity index (χ1n) is 9.40. The number of rotatable bonds is 5. The van der Waals surface area contributed by atoms with Crippen LogP contribution in [0.25, 0.3) is 0 Å². The van der Waals surface area contributed by atoms with Gasteiger partial charge in [0.25, 0.3) is 5.91 Å². The van der Waals surface area contributed by atoms with Gasteiger partial charge in [-0.3, -0.25) is 9.69 Å². The minimum atomic E-state index is 0.00654. The molecule has 0 bridgehead atoms. The van der Waals surface area contributed by atoms with Gasteiger partial charge in [0.05, 0.1) is 6.04 Å². The zero-order valence-electron chi connectivity index (χ0n) is 15.5. The summed E-state index contributed by atoms with van der Waals surface area (Å²) >= 11 is 1.76. The maximum absolute atomic E-state index is 12.7. The number of carbonyl (C=O) groups excluding carboxylic acids is 1. The van der Waals surface area contributed by atoms with Crippen LogP contribution in [0, 0.1) is 6.92 Å². The third-order valence-corrected chi connectivity index (χ3v) is 6.29. The third kappa shape index (κ3) is 3.97. The van der Waals surface area contributed by atoms with Crippen molar-refractivity contribution < 1.29 is 4.79 Å². The molecule has 0 radical (unpaired) electrons. The molecule has 2 aromatic carbocycles. The molecule has 3 nitrogen and oxygen atoms in total. The van der Waals surface area contributed by atoms with E-state index in [0.717, 1.165) is 30.6 Å². The summed E-state index contributed by atoms with van der Waals surface area (Å²) in [4.78, 5) is 16.5. The van der Waals surface area contributed by atoms with E-state index < -0.39 is 0 Å². The van der Waals surface area contributed by atoms with E-state index in [9.17, 15) is 4.79 Å². The van der Waals surface area contributed by atoms with Crippen molar-refractivity contribution in [3.05, 3.63) is 93.2 Å². The number of hydrogen-bond donors (Lipinski definition) is 1. The molecular formula is C23H24N2OS. The summed E-state index contributed by atoms with van der Waals surface area (Å²) in [7, 11) is 0. The molecule has 1 aliphatic rings. The zero-order valence-corrected chi connectivity index (χ0v) is 16.3. The van der Waals surface area contributed by atoms with Gasteiger partial charge in [-0.05, 0) is 47.5 Å². The number of amides is 1. The fourth-order valence-corrected chi connectivity index (χ4v) is 4.65. The van der Waals surface area contributed by atoms with Gasteiger partial charge in [0.1, 0.15) is 0 Å². The Morgan fingerprint density at radius 1 is 1.07 bits per heavy atom. The van der Waals surface area contributed by atoms with Crippen molar-refractivity contribution in [3.63, 3.8) is 0 Å². The number of nitrogens with zero attached hydrogens (tertiary/aromatic N) is 1. The normalized spacial score (nSPS) is 15.1. The van der Waals surface area contributed by atoms with Gasteiger partial charge in [-0.1, -0.05) is 48.5 Å². The van der Waals surface area contributed by atoms with Gasteiger partial charge in [-0.2, -0.15) is 0 Å². The minimum absolute atomic E-state index is 0.00654. The number of fused-ring (bicyclic) bond motifs is 1. The summed E-state index contributed by atoms with van der Waals surface area (Å²) in [5.41, 5.74) is 4.61. The first-order valence-corrected chi connectivity index (χ1v) is 10.3. The predicted octanol–water partition coefficient (Wildman–Crippen LogP) is 4.59. The second-order valence-corrected chi connectivity index (χ2v) is 8.02. The van der Waals surface area contributed by atoms with Crippen molar-refractivity contribution in [2.75, 3.05) is 13.1 Å². The third-order valence-electron chi connectivity index (χ3n) is 5.32. The summed E-state index contributed by atoms with van der Waals surface area (Å²) in [6, 6.07) is 20.9. The Balaban J connectivity index is 1.51. The van der Waals surface area contributed by atoms with E-state index in [-0.39, 0.29) is 11.9 Å². The van der Waals surface area contributed by atoms with E-state index >= 15 is 0 Å². The lowest BCUT2D eigenvalue weighted by Crippen LogP contribution is -2.40. The standard InChI is InChI=1S/C23H24N2OS/c1-17-7-2-5-10-20(17)23(26)24-15-21(22-11-6-14-27-22)25-13-12-18-8-3-4-9-19(18)16-25/h2-11,14,21H,12-13,15-16H2,1H3,(H,24,26). The van der Waals surface area contributed by atoms with E-state index in [2.05, 4.69) is 52.0 Å². The highest BCUT2D eigenvalue weighted by Crippen LogP contribution is 2.30. The Hall–Kier alpha value is -2.43. The van der Waals surface area contributed by atoms with Crippen LogP contribution in [0.1, 0.15) is 38.0 Å².